The van der Waals surface area contributed by atoms with E-state index < -0.39 is 0 Å². The van der Waals surface area contributed by atoms with Gasteiger partial charge in [-0.25, -0.2) is 4.98 Å². The fourth-order valence-electron chi connectivity index (χ4n) is 0.827. The van der Waals surface area contributed by atoms with Crippen LogP contribution >= 0.6 is 20.3 Å². The number of pyridine rings is 1. The molecule has 0 amide bonds. The fraction of sp³-hybridized carbons (Fsp3) is 0.222. The molecule has 0 N–H and O–H groups in total. The topological polar surface area (TPSA) is 47.0 Å². The second-order valence-corrected chi connectivity index (χ2v) is 4.29. The van der Waals surface area contributed by atoms with Crippen molar-refractivity contribution in [2.45, 2.75) is 13.8 Å². The summed E-state index contributed by atoms with van der Waals surface area (Å²) in [6.07, 6.45) is 0. The van der Waals surface area contributed by atoms with E-state index in [2.05, 4.69) is 4.98 Å². The Morgan fingerprint density at radius 2 is 1.47 bits per heavy atom. The van der Waals surface area contributed by atoms with Gasteiger partial charge in [-0.2, -0.15) is 0 Å². The number of Topliss-reactive ketones (excluding diaryl/α,β-unsaturated/α-hetero) is 2. The molecular weight excluding hydrogens is 284 g/mol. The van der Waals surface area contributed by atoms with Gasteiger partial charge in [0.1, 0.15) is 11.4 Å². The molecule has 0 aliphatic carbocycles. The van der Waals surface area contributed by atoms with Crippen LogP contribution in [0.1, 0.15) is 34.8 Å². The molecule has 85 valence electrons. The van der Waals surface area contributed by atoms with E-state index in [0.29, 0.717) is 24.3 Å². The maximum atomic E-state index is 10.8. The van der Waals surface area contributed by atoms with E-state index in [0.717, 1.165) is 0 Å². The van der Waals surface area contributed by atoms with E-state index >= 15 is 0 Å². The monoisotopic (exact) mass is 292 g/mol. The van der Waals surface area contributed by atoms with Crippen molar-refractivity contribution in [1.82, 2.24) is 4.98 Å². The van der Waals surface area contributed by atoms with Gasteiger partial charge in [0.05, 0.1) is 0 Å². The summed E-state index contributed by atoms with van der Waals surface area (Å²) in [7, 11) is 9.47. The molecule has 3 nitrogen and oxygen atoms in total. The van der Waals surface area contributed by atoms with Crippen molar-refractivity contribution in [2.24, 2.45) is 0 Å². The summed E-state index contributed by atoms with van der Waals surface area (Å²) in [5.74, 6) is -0.254. The number of halogens is 2. The van der Waals surface area contributed by atoms with Crippen LogP contribution in [0.2, 0.25) is 0 Å². The molecule has 0 saturated carbocycles. The van der Waals surface area contributed by atoms with E-state index in [1.807, 2.05) is 0 Å². The van der Waals surface area contributed by atoms with Gasteiger partial charge in [-0.15, -0.1) is 0 Å². The number of ketones is 2. The molecule has 1 rings (SSSR count). The molecule has 0 unspecified atom stereocenters. The molecule has 1 aromatic rings. The van der Waals surface area contributed by atoms with Gasteiger partial charge in [0.2, 0.25) is 0 Å². The van der Waals surface area contributed by atoms with Crippen LogP contribution in [0.25, 0.3) is 0 Å². The van der Waals surface area contributed by atoms with E-state index in [-0.39, 0.29) is 11.6 Å². The minimum absolute atomic E-state index is 0.127. The van der Waals surface area contributed by atoms with Crippen LogP contribution in [0.15, 0.2) is 18.2 Å². The third-order valence-corrected chi connectivity index (χ3v) is 1.47. The van der Waals surface area contributed by atoms with Crippen LogP contribution in [0.5, 0.6) is 0 Å². The van der Waals surface area contributed by atoms with E-state index in [4.69, 9.17) is 20.3 Å². The first-order valence-electron chi connectivity index (χ1n) is 3.85. The van der Waals surface area contributed by atoms with Crippen molar-refractivity contribution in [3.8, 4) is 0 Å². The number of hydrogen-bond acceptors (Lipinski definition) is 3. The van der Waals surface area contributed by atoms with Crippen molar-refractivity contribution in [3.05, 3.63) is 29.6 Å². The first-order valence-corrected chi connectivity index (χ1v) is 6.72. The number of nitrogens with zero attached hydrogens (tertiary/aromatic N) is 1. The van der Waals surface area contributed by atoms with Crippen LogP contribution in [-0.2, 0) is 12.9 Å². The van der Waals surface area contributed by atoms with Gasteiger partial charge < -0.3 is 0 Å². The van der Waals surface area contributed by atoms with Crippen molar-refractivity contribution in [2.75, 3.05) is 0 Å². The number of carbonyl (C=O) groups is 2. The van der Waals surface area contributed by atoms with Crippen molar-refractivity contribution in [1.29, 1.82) is 0 Å². The molecule has 0 aliphatic rings. The average molecular weight is 293 g/mol. The second kappa shape index (κ2) is 7.81. The molecule has 15 heavy (non-hydrogen) atoms. The van der Waals surface area contributed by atoms with Crippen molar-refractivity contribution >= 4 is 31.9 Å². The van der Waals surface area contributed by atoms with E-state index in [1.54, 1.807) is 18.2 Å². The molecule has 0 spiro atoms. The van der Waals surface area contributed by atoms with Crippen LogP contribution < -0.4 is 0 Å². The molecule has 0 bridgehead atoms. The second-order valence-electron chi connectivity index (χ2n) is 2.57. The summed E-state index contributed by atoms with van der Waals surface area (Å²) in [6, 6.07) is 4.84. The Morgan fingerprint density at radius 3 is 1.73 bits per heavy atom. The summed E-state index contributed by atoms with van der Waals surface area (Å²) in [4.78, 5) is 25.6. The molecule has 0 aliphatic heterocycles. The molecule has 1 heterocycles. The van der Waals surface area contributed by atoms with E-state index in [9.17, 15) is 9.59 Å². The first kappa shape index (κ1) is 14.6. The maximum absolute atomic E-state index is 10.8. The molecule has 0 saturated heterocycles. The van der Waals surface area contributed by atoms with E-state index in [1.165, 1.54) is 13.8 Å². The predicted molar refractivity (Wildman–Crippen MR) is 56.0 cm³/mol. The quantitative estimate of drug-likeness (QED) is 0.788. The standard InChI is InChI=1S/C9H9NO2.2ClH.Co/c1-6(11)8-4-3-5-9(10-8)7(2)12;;;/h3-5H,1-2H3;2*1H;/q;;;+2/p-2. The molecule has 0 fully saturated rings. The van der Waals surface area contributed by atoms with Crippen LogP contribution in [-0.4, -0.2) is 16.6 Å². The molecule has 1 aromatic heterocycles. The van der Waals surface area contributed by atoms with Crippen LogP contribution in [0.3, 0.4) is 0 Å². The van der Waals surface area contributed by atoms with Gasteiger partial charge >= 0.3 is 33.2 Å². The zero-order chi connectivity index (χ0) is 11.8. The molecular formula is C9H9Cl2CoNO2. The molecule has 0 atom stereocenters. The number of rotatable bonds is 2. The molecule has 0 radical (unpaired) electrons. The Morgan fingerprint density at radius 1 is 1.13 bits per heavy atom. The fourth-order valence-corrected chi connectivity index (χ4v) is 0.827. The summed E-state index contributed by atoms with van der Waals surface area (Å²) >= 11 is 0.382. The third-order valence-electron chi connectivity index (χ3n) is 1.47. The first-order chi connectivity index (χ1) is 7.02. The van der Waals surface area contributed by atoms with Gasteiger partial charge in [0, 0.05) is 13.8 Å². The average Bonchev–Trinajstić information content (AvgIpc) is 2.19. The Balaban J connectivity index is 0.000000583. The Labute approximate surface area is 103 Å². The van der Waals surface area contributed by atoms with Crippen molar-refractivity contribution in [3.63, 3.8) is 0 Å². The molecule has 0 aromatic carbocycles. The normalized spacial score (nSPS) is 9.07. The van der Waals surface area contributed by atoms with Crippen LogP contribution in [0, 0.1) is 0 Å². The summed E-state index contributed by atoms with van der Waals surface area (Å²) in [6.45, 7) is 2.85. The van der Waals surface area contributed by atoms with Crippen molar-refractivity contribution < 1.29 is 22.5 Å². The number of hydrogen-bond donors (Lipinski definition) is 0. The number of carbonyl (C=O) groups excluding carboxylic acids is 2. The Kier molecular flexibility index (Phi) is 7.59. The Bertz CT molecular complexity index is 328. The summed E-state index contributed by atoms with van der Waals surface area (Å²) in [5.41, 5.74) is 0.672. The zero-order valence-electron chi connectivity index (χ0n) is 8.09. The predicted octanol–water partition coefficient (Wildman–Crippen LogP) is 2.86. The molecule has 6 heteroatoms. The zero-order valence-corrected chi connectivity index (χ0v) is 10.6. The summed E-state index contributed by atoms with van der Waals surface area (Å²) in [5, 5.41) is 0. The Hall–Kier alpha value is -0.424. The minimum atomic E-state index is -0.127. The third kappa shape index (κ3) is 5.89. The SMILES string of the molecule is CC(=O)c1cccc(C(C)=O)n1.[Cl][Co][Cl]. The van der Waals surface area contributed by atoms with Gasteiger partial charge in [-0.05, 0) is 12.1 Å². The summed E-state index contributed by atoms with van der Waals surface area (Å²) < 4.78 is 0. The van der Waals surface area contributed by atoms with Crippen LogP contribution in [0.4, 0.5) is 0 Å². The van der Waals surface area contributed by atoms with Gasteiger partial charge in [-0.3, -0.25) is 9.59 Å². The number of aromatic nitrogens is 1. The van der Waals surface area contributed by atoms with Gasteiger partial charge in [-0.1, -0.05) is 6.07 Å². The van der Waals surface area contributed by atoms with Gasteiger partial charge in [0.15, 0.2) is 11.6 Å². The van der Waals surface area contributed by atoms with Gasteiger partial charge in [0.25, 0.3) is 0 Å².